The number of hydrogen-bond acceptors (Lipinski definition) is 4. The smallest absolute Gasteiger partial charge is 0.224 e. The van der Waals surface area contributed by atoms with Crippen molar-refractivity contribution in [2.75, 3.05) is 20.3 Å². The molecule has 0 radical (unpaired) electrons. The van der Waals surface area contributed by atoms with Crippen molar-refractivity contribution in [3.8, 4) is 5.69 Å². The minimum absolute atomic E-state index is 0.160. The number of benzene rings is 1. The molecule has 1 unspecified atom stereocenters. The average Bonchev–Trinajstić information content (AvgIpc) is 2.82. The minimum atomic E-state index is -0.710. The van der Waals surface area contributed by atoms with E-state index in [4.69, 9.17) is 16.3 Å². The van der Waals surface area contributed by atoms with E-state index in [2.05, 4.69) is 10.4 Å². The molecule has 6 nitrogen and oxygen atoms in total. The predicted molar refractivity (Wildman–Crippen MR) is 92.6 cm³/mol. The van der Waals surface area contributed by atoms with E-state index in [9.17, 15) is 9.90 Å². The fourth-order valence-electron chi connectivity index (χ4n) is 2.47. The van der Waals surface area contributed by atoms with Gasteiger partial charge >= 0.3 is 0 Å². The third-order valence-electron chi connectivity index (χ3n) is 3.74. The first-order valence-corrected chi connectivity index (χ1v) is 8.05. The summed E-state index contributed by atoms with van der Waals surface area (Å²) < 4.78 is 6.63. The van der Waals surface area contributed by atoms with Crippen molar-refractivity contribution in [3.63, 3.8) is 0 Å². The van der Waals surface area contributed by atoms with Crippen LogP contribution in [0, 0.1) is 13.8 Å². The summed E-state index contributed by atoms with van der Waals surface area (Å²) in [6.45, 7) is 4.15. The first kappa shape index (κ1) is 18.4. The summed E-state index contributed by atoms with van der Waals surface area (Å²) in [5.41, 5.74) is 3.48. The molecule has 1 atom stereocenters. The monoisotopic (exact) mass is 351 g/mol. The van der Waals surface area contributed by atoms with Crippen LogP contribution < -0.4 is 5.32 Å². The summed E-state index contributed by atoms with van der Waals surface area (Å²) in [6, 6.07) is 7.37. The summed E-state index contributed by atoms with van der Waals surface area (Å²) >= 11 is 5.92. The van der Waals surface area contributed by atoms with E-state index in [0.29, 0.717) is 5.02 Å². The number of aliphatic hydroxyl groups is 1. The molecule has 0 aliphatic rings. The number of nitrogens with one attached hydrogen (secondary N) is 1. The highest BCUT2D eigenvalue weighted by molar-refractivity contribution is 6.30. The van der Waals surface area contributed by atoms with Crippen LogP contribution >= 0.6 is 11.6 Å². The Hall–Kier alpha value is -1.89. The Kier molecular flexibility index (Phi) is 6.36. The van der Waals surface area contributed by atoms with Crippen LogP contribution in [0.4, 0.5) is 0 Å². The number of aliphatic hydroxyl groups excluding tert-OH is 1. The normalized spacial score (nSPS) is 12.2. The van der Waals surface area contributed by atoms with Gasteiger partial charge in [-0.1, -0.05) is 11.6 Å². The molecule has 1 aromatic carbocycles. The van der Waals surface area contributed by atoms with Gasteiger partial charge in [0.1, 0.15) is 0 Å². The summed E-state index contributed by atoms with van der Waals surface area (Å²) in [4.78, 5) is 12.1. The van der Waals surface area contributed by atoms with E-state index < -0.39 is 6.10 Å². The van der Waals surface area contributed by atoms with Gasteiger partial charge in [-0.15, -0.1) is 0 Å². The number of carbonyl (C=O) groups is 1. The zero-order valence-electron chi connectivity index (χ0n) is 14.0. The van der Waals surface area contributed by atoms with E-state index in [0.717, 1.165) is 22.6 Å². The van der Waals surface area contributed by atoms with Crippen LogP contribution in [0.2, 0.25) is 5.02 Å². The Balaban J connectivity index is 2.08. The molecule has 0 bridgehead atoms. The molecule has 1 heterocycles. The molecule has 0 saturated heterocycles. The van der Waals surface area contributed by atoms with Crippen molar-refractivity contribution >= 4 is 17.5 Å². The van der Waals surface area contributed by atoms with Crippen molar-refractivity contribution in [1.29, 1.82) is 0 Å². The standard InChI is InChI=1S/C17H22ClN3O3/c1-11-16(8-17(23)19-9-15(22)10-24-3)12(2)21(20-11)14-6-4-13(18)5-7-14/h4-7,15,22H,8-10H2,1-3H3,(H,19,23). The molecule has 2 aromatic rings. The first-order chi connectivity index (χ1) is 11.4. The molecule has 1 amide bonds. The number of hydrogen-bond donors (Lipinski definition) is 2. The lowest BCUT2D eigenvalue weighted by atomic mass is 10.1. The number of aryl methyl sites for hydroxylation is 1. The van der Waals surface area contributed by atoms with Gasteiger partial charge in [0.15, 0.2) is 0 Å². The number of ether oxygens (including phenoxy) is 1. The maximum atomic E-state index is 12.1. The molecule has 0 saturated carbocycles. The summed E-state index contributed by atoms with van der Waals surface area (Å²) in [7, 11) is 1.50. The molecular formula is C17H22ClN3O3. The number of methoxy groups -OCH3 is 1. The van der Waals surface area contributed by atoms with E-state index in [1.807, 2.05) is 26.0 Å². The van der Waals surface area contributed by atoms with Crippen molar-refractivity contribution in [1.82, 2.24) is 15.1 Å². The Bertz CT molecular complexity index is 698. The highest BCUT2D eigenvalue weighted by Crippen LogP contribution is 2.20. The fraction of sp³-hybridized carbons (Fsp3) is 0.412. The highest BCUT2D eigenvalue weighted by atomic mass is 35.5. The van der Waals surface area contributed by atoms with Gasteiger partial charge in [0.2, 0.25) is 5.91 Å². The zero-order valence-corrected chi connectivity index (χ0v) is 14.8. The maximum Gasteiger partial charge on any atom is 0.224 e. The minimum Gasteiger partial charge on any atom is -0.389 e. The van der Waals surface area contributed by atoms with Crippen LogP contribution in [0.15, 0.2) is 24.3 Å². The quantitative estimate of drug-likeness (QED) is 0.797. The summed E-state index contributed by atoms with van der Waals surface area (Å²) in [5.74, 6) is -0.160. The SMILES string of the molecule is COCC(O)CNC(=O)Cc1c(C)nn(-c2ccc(Cl)cc2)c1C. The van der Waals surface area contributed by atoms with Crippen molar-refractivity contribution in [2.45, 2.75) is 26.4 Å². The maximum absolute atomic E-state index is 12.1. The Labute approximate surface area is 146 Å². The number of carbonyl (C=O) groups excluding carboxylic acids is 1. The highest BCUT2D eigenvalue weighted by Gasteiger charge is 2.16. The number of halogens is 1. The van der Waals surface area contributed by atoms with Crippen LogP contribution in [0.25, 0.3) is 5.69 Å². The van der Waals surface area contributed by atoms with Gasteiger partial charge in [0.25, 0.3) is 0 Å². The lowest BCUT2D eigenvalue weighted by Gasteiger charge is -2.11. The second-order valence-corrected chi connectivity index (χ2v) is 6.06. The van der Waals surface area contributed by atoms with Gasteiger partial charge in [-0.25, -0.2) is 4.68 Å². The largest absolute Gasteiger partial charge is 0.389 e. The topological polar surface area (TPSA) is 76.4 Å². The van der Waals surface area contributed by atoms with Gasteiger partial charge in [-0.05, 0) is 38.1 Å². The second kappa shape index (κ2) is 8.28. The first-order valence-electron chi connectivity index (χ1n) is 7.67. The molecule has 0 aliphatic heterocycles. The van der Waals surface area contributed by atoms with Crippen LogP contribution in [0.5, 0.6) is 0 Å². The third kappa shape index (κ3) is 4.56. The lowest BCUT2D eigenvalue weighted by Crippen LogP contribution is -2.35. The van der Waals surface area contributed by atoms with Crippen molar-refractivity contribution in [2.24, 2.45) is 0 Å². The Morgan fingerprint density at radius 2 is 2.04 bits per heavy atom. The molecule has 130 valence electrons. The van der Waals surface area contributed by atoms with E-state index in [1.165, 1.54) is 7.11 Å². The third-order valence-corrected chi connectivity index (χ3v) is 4.00. The zero-order chi connectivity index (χ0) is 17.7. The molecule has 7 heteroatoms. The van der Waals surface area contributed by atoms with Gasteiger partial charge in [0.05, 0.1) is 30.5 Å². The van der Waals surface area contributed by atoms with Crippen LogP contribution in [0.1, 0.15) is 17.0 Å². The lowest BCUT2D eigenvalue weighted by molar-refractivity contribution is -0.121. The molecule has 0 spiro atoms. The molecule has 24 heavy (non-hydrogen) atoms. The van der Waals surface area contributed by atoms with Crippen LogP contribution in [-0.2, 0) is 16.0 Å². The van der Waals surface area contributed by atoms with E-state index >= 15 is 0 Å². The molecule has 0 aliphatic carbocycles. The molecule has 2 N–H and O–H groups in total. The van der Waals surface area contributed by atoms with Gasteiger partial charge in [-0.2, -0.15) is 5.10 Å². The van der Waals surface area contributed by atoms with Gasteiger partial charge < -0.3 is 15.2 Å². The van der Waals surface area contributed by atoms with Gasteiger partial charge in [0, 0.05) is 29.9 Å². The predicted octanol–water partition coefficient (Wildman–Crippen LogP) is 1.81. The van der Waals surface area contributed by atoms with Crippen LogP contribution in [-0.4, -0.2) is 47.2 Å². The number of nitrogens with zero attached hydrogens (tertiary/aromatic N) is 2. The summed E-state index contributed by atoms with van der Waals surface area (Å²) in [5, 5.41) is 17.5. The van der Waals surface area contributed by atoms with Crippen LogP contribution in [0.3, 0.4) is 0 Å². The molecular weight excluding hydrogens is 330 g/mol. The Morgan fingerprint density at radius 3 is 2.67 bits per heavy atom. The fourth-order valence-corrected chi connectivity index (χ4v) is 2.60. The van der Waals surface area contributed by atoms with Crippen molar-refractivity contribution in [3.05, 3.63) is 46.2 Å². The van der Waals surface area contributed by atoms with E-state index in [1.54, 1.807) is 16.8 Å². The molecule has 1 aromatic heterocycles. The number of amides is 1. The van der Waals surface area contributed by atoms with Gasteiger partial charge in [-0.3, -0.25) is 4.79 Å². The molecule has 2 rings (SSSR count). The number of rotatable bonds is 7. The summed E-state index contributed by atoms with van der Waals surface area (Å²) in [6.07, 6.45) is -0.497. The van der Waals surface area contributed by atoms with E-state index in [-0.39, 0.29) is 25.5 Å². The number of aromatic nitrogens is 2. The average molecular weight is 352 g/mol. The Morgan fingerprint density at radius 1 is 1.38 bits per heavy atom. The molecule has 0 fully saturated rings. The van der Waals surface area contributed by atoms with Crippen molar-refractivity contribution < 1.29 is 14.6 Å². The second-order valence-electron chi connectivity index (χ2n) is 5.63.